The predicted octanol–water partition coefficient (Wildman–Crippen LogP) is 20.9. The molecule has 360 valence electrons. The minimum Gasteiger partial charge on any atom is -0.310 e. The van der Waals surface area contributed by atoms with E-state index >= 15 is 0 Å². The van der Waals surface area contributed by atoms with Crippen LogP contribution in [-0.4, -0.2) is 0 Å². The van der Waals surface area contributed by atoms with Gasteiger partial charge in [-0.2, -0.15) is 0 Å². The number of thiophene rings is 1. The number of nitrogens with zero attached hydrogens (tertiary/aromatic N) is 1. The molecule has 2 heteroatoms. The van der Waals surface area contributed by atoms with Gasteiger partial charge in [0.25, 0.3) is 0 Å². The van der Waals surface area contributed by atoms with Gasteiger partial charge in [-0.15, -0.1) is 11.3 Å². The van der Waals surface area contributed by atoms with Gasteiger partial charge in [-0.3, -0.25) is 0 Å². The van der Waals surface area contributed by atoms with Crippen LogP contribution in [0.5, 0.6) is 0 Å². The van der Waals surface area contributed by atoms with E-state index in [1.54, 1.807) is 0 Å². The number of rotatable bonds is 9. The lowest BCUT2D eigenvalue weighted by Gasteiger charge is -2.34. The zero-order valence-electron chi connectivity index (χ0n) is 42.1. The molecule has 1 aromatic heterocycles. The molecule has 0 bridgehead atoms. The van der Waals surface area contributed by atoms with Crippen molar-refractivity contribution in [1.29, 1.82) is 0 Å². The molecule has 0 aliphatic heterocycles. The molecule has 0 atom stereocenters. The Morgan fingerprint density at radius 2 is 0.753 bits per heavy atom. The lowest BCUT2D eigenvalue weighted by molar-refractivity contribution is 0.769. The SMILES string of the molecule is c1ccc(-c2ccc(C3(c4ccc(-c5cccc6c5sc5cc(-c7cccc(N(c8ccc(-c9cccc%10ccccc9%10)cc8)c8cccc9ccccc89)c7)ccc56)cc4)c4ccccc4-c4ccccc43)cc2)cc1. The lowest BCUT2D eigenvalue weighted by atomic mass is 9.67. The zero-order chi connectivity index (χ0) is 50.9. The summed E-state index contributed by atoms with van der Waals surface area (Å²) in [5, 5.41) is 7.49. The van der Waals surface area contributed by atoms with E-state index in [9.17, 15) is 0 Å². The summed E-state index contributed by atoms with van der Waals surface area (Å²) in [5.41, 5.74) is 20.4. The number of benzene rings is 13. The van der Waals surface area contributed by atoms with Crippen LogP contribution in [-0.2, 0) is 5.41 Å². The average molecular weight is 996 g/mol. The number of hydrogen-bond acceptors (Lipinski definition) is 2. The topological polar surface area (TPSA) is 3.24 Å². The van der Waals surface area contributed by atoms with Gasteiger partial charge in [-0.1, -0.05) is 261 Å². The Kier molecular flexibility index (Phi) is 10.7. The molecule has 14 aromatic rings. The van der Waals surface area contributed by atoms with Gasteiger partial charge >= 0.3 is 0 Å². The lowest BCUT2D eigenvalue weighted by Crippen LogP contribution is -2.28. The quantitative estimate of drug-likeness (QED) is 0.139. The number of anilines is 3. The number of hydrogen-bond donors (Lipinski definition) is 0. The van der Waals surface area contributed by atoms with Crippen LogP contribution in [0.15, 0.2) is 297 Å². The van der Waals surface area contributed by atoms with Crippen molar-refractivity contribution in [3.8, 4) is 55.6 Å². The molecule has 0 amide bonds. The monoisotopic (exact) mass is 995 g/mol. The summed E-state index contributed by atoms with van der Waals surface area (Å²) in [6.07, 6.45) is 0. The molecule has 0 saturated heterocycles. The predicted molar refractivity (Wildman–Crippen MR) is 328 cm³/mol. The van der Waals surface area contributed by atoms with E-state index in [1.807, 2.05) is 11.3 Å². The summed E-state index contributed by atoms with van der Waals surface area (Å²) in [5.74, 6) is 0. The highest BCUT2D eigenvalue weighted by molar-refractivity contribution is 7.26. The smallest absolute Gasteiger partial charge is 0.0713 e. The van der Waals surface area contributed by atoms with Crippen LogP contribution in [0.25, 0.3) is 97.4 Å². The third kappa shape index (κ3) is 7.36. The van der Waals surface area contributed by atoms with Crippen LogP contribution in [0, 0.1) is 0 Å². The van der Waals surface area contributed by atoms with Crippen LogP contribution >= 0.6 is 11.3 Å². The van der Waals surface area contributed by atoms with Gasteiger partial charge in [0.05, 0.1) is 11.1 Å². The molecule has 0 saturated carbocycles. The molecule has 13 aromatic carbocycles. The van der Waals surface area contributed by atoms with Crippen LogP contribution in [0.4, 0.5) is 17.1 Å². The summed E-state index contributed by atoms with van der Waals surface area (Å²) in [6.45, 7) is 0. The second-order valence-electron chi connectivity index (χ2n) is 20.3. The third-order valence-electron chi connectivity index (χ3n) is 16.2. The van der Waals surface area contributed by atoms with Crippen molar-refractivity contribution in [2.75, 3.05) is 4.90 Å². The minimum absolute atomic E-state index is 0.479. The van der Waals surface area contributed by atoms with E-state index in [2.05, 4.69) is 302 Å². The standard InChI is InChI=1S/C75H49NS/c1-2-16-50(17-3-1)51-34-41-58(42-35-51)75(70-31-10-8-26-66(70)67-27-9-11-32-71(67)75)59-43-36-55(37-44-59)65-29-15-30-69-68-47-40-57(49-73(68)77-74(65)69)56-22-12-23-61(48-56)76(72-33-14-21-53-19-5-7-25-64(53)72)60-45-38-54(39-46-60)63-28-13-20-52-18-4-6-24-62(52)63/h1-49H. The molecule has 1 aliphatic rings. The Morgan fingerprint density at radius 1 is 0.273 bits per heavy atom. The molecule has 1 heterocycles. The fourth-order valence-electron chi connectivity index (χ4n) is 12.6. The molecule has 0 unspecified atom stereocenters. The second-order valence-corrected chi connectivity index (χ2v) is 21.4. The van der Waals surface area contributed by atoms with Crippen LogP contribution in [0.1, 0.15) is 22.3 Å². The Balaban J connectivity index is 0.801. The average Bonchev–Trinajstić information content (AvgIpc) is 4.23. The highest BCUT2D eigenvalue weighted by atomic mass is 32.1. The van der Waals surface area contributed by atoms with Gasteiger partial charge in [-0.25, -0.2) is 0 Å². The van der Waals surface area contributed by atoms with Gasteiger partial charge in [-0.05, 0) is 130 Å². The summed E-state index contributed by atoms with van der Waals surface area (Å²) < 4.78 is 2.58. The maximum Gasteiger partial charge on any atom is 0.0713 e. The normalized spacial score (nSPS) is 12.5. The van der Waals surface area contributed by atoms with Crippen molar-refractivity contribution in [3.05, 3.63) is 320 Å². The van der Waals surface area contributed by atoms with Gasteiger partial charge in [0, 0.05) is 36.9 Å². The first-order valence-electron chi connectivity index (χ1n) is 26.6. The third-order valence-corrected chi connectivity index (χ3v) is 17.4. The maximum absolute atomic E-state index is 2.42. The molecule has 1 aliphatic carbocycles. The van der Waals surface area contributed by atoms with E-state index in [0.717, 1.165) is 17.1 Å². The Morgan fingerprint density at radius 3 is 1.49 bits per heavy atom. The first-order chi connectivity index (χ1) is 38.2. The van der Waals surface area contributed by atoms with Gasteiger partial charge in [0.2, 0.25) is 0 Å². The highest BCUT2D eigenvalue weighted by Crippen LogP contribution is 2.56. The van der Waals surface area contributed by atoms with Crippen molar-refractivity contribution in [2.45, 2.75) is 5.41 Å². The zero-order valence-corrected chi connectivity index (χ0v) is 43.0. The Hall–Kier alpha value is -9.60. The van der Waals surface area contributed by atoms with Gasteiger partial charge in [0.1, 0.15) is 0 Å². The molecule has 0 N–H and O–H groups in total. The fourth-order valence-corrected chi connectivity index (χ4v) is 13.9. The van der Waals surface area contributed by atoms with Crippen LogP contribution in [0.2, 0.25) is 0 Å². The summed E-state index contributed by atoms with van der Waals surface area (Å²) in [6, 6.07) is 110. The van der Waals surface area contributed by atoms with Crippen molar-refractivity contribution in [2.24, 2.45) is 0 Å². The minimum atomic E-state index is -0.479. The second kappa shape index (κ2) is 18.4. The maximum atomic E-state index is 2.42. The molecule has 0 fully saturated rings. The van der Waals surface area contributed by atoms with Crippen LogP contribution in [0.3, 0.4) is 0 Å². The summed E-state index contributed by atoms with van der Waals surface area (Å²) in [4.78, 5) is 2.42. The van der Waals surface area contributed by atoms with Crippen molar-refractivity contribution >= 4 is 70.1 Å². The molecule has 77 heavy (non-hydrogen) atoms. The molecular formula is C75H49NS. The molecular weight excluding hydrogens is 947 g/mol. The molecule has 0 spiro atoms. The van der Waals surface area contributed by atoms with Crippen molar-refractivity contribution < 1.29 is 0 Å². The first-order valence-corrected chi connectivity index (χ1v) is 27.4. The van der Waals surface area contributed by atoms with Crippen molar-refractivity contribution in [3.63, 3.8) is 0 Å². The largest absolute Gasteiger partial charge is 0.310 e. The van der Waals surface area contributed by atoms with E-state index in [-0.39, 0.29) is 0 Å². The van der Waals surface area contributed by atoms with Crippen molar-refractivity contribution in [1.82, 2.24) is 0 Å². The highest BCUT2D eigenvalue weighted by Gasteiger charge is 2.46. The summed E-state index contributed by atoms with van der Waals surface area (Å²) in [7, 11) is 0. The molecule has 0 radical (unpaired) electrons. The first kappa shape index (κ1) is 44.8. The van der Waals surface area contributed by atoms with E-state index in [4.69, 9.17) is 0 Å². The van der Waals surface area contributed by atoms with E-state index in [1.165, 1.54) is 120 Å². The van der Waals surface area contributed by atoms with E-state index < -0.39 is 5.41 Å². The molecule has 1 nitrogen and oxygen atoms in total. The Bertz CT molecular complexity index is 4490. The summed E-state index contributed by atoms with van der Waals surface area (Å²) >= 11 is 1.89. The Labute approximate surface area is 452 Å². The fraction of sp³-hybridized carbons (Fsp3) is 0.0133. The van der Waals surface area contributed by atoms with Gasteiger partial charge < -0.3 is 4.90 Å². The van der Waals surface area contributed by atoms with E-state index in [0.29, 0.717) is 0 Å². The molecule has 15 rings (SSSR count). The van der Waals surface area contributed by atoms with Gasteiger partial charge in [0.15, 0.2) is 0 Å². The van der Waals surface area contributed by atoms with Crippen LogP contribution < -0.4 is 4.90 Å². The number of fused-ring (bicyclic) bond motifs is 8.